The highest BCUT2D eigenvalue weighted by Gasteiger charge is 2.48. The zero-order valence-electron chi connectivity index (χ0n) is 17.6. The van der Waals surface area contributed by atoms with Gasteiger partial charge in [0.05, 0.1) is 19.8 Å². The van der Waals surface area contributed by atoms with Crippen molar-refractivity contribution in [3.05, 3.63) is 23.4 Å². The fourth-order valence-electron chi connectivity index (χ4n) is 5.69. The van der Waals surface area contributed by atoms with E-state index >= 15 is 0 Å². The Hall–Kier alpha value is -1.70. The van der Waals surface area contributed by atoms with Gasteiger partial charge in [-0.25, -0.2) is 9.78 Å². The lowest BCUT2D eigenvalue weighted by Gasteiger charge is -2.54. The number of pyridine rings is 1. The monoisotopic (exact) mass is 403 g/mol. The van der Waals surface area contributed by atoms with Crippen molar-refractivity contribution in [3.63, 3.8) is 0 Å². The maximum absolute atomic E-state index is 11.8. The smallest absolute Gasteiger partial charge is 0.339 e. The third-order valence-corrected chi connectivity index (χ3v) is 7.19. The third kappa shape index (κ3) is 4.13. The summed E-state index contributed by atoms with van der Waals surface area (Å²) in [5.74, 6) is 0.298. The van der Waals surface area contributed by atoms with Gasteiger partial charge in [-0.15, -0.1) is 0 Å². The summed E-state index contributed by atoms with van der Waals surface area (Å²) in [7, 11) is 1.78. The van der Waals surface area contributed by atoms with Crippen LogP contribution in [0.3, 0.4) is 0 Å². The van der Waals surface area contributed by atoms with Crippen molar-refractivity contribution in [3.8, 4) is 0 Å². The molecule has 3 fully saturated rings. The van der Waals surface area contributed by atoms with Crippen LogP contribution >= 0.6 is 0 Å². The zero-order valence-corrected chi connectivity index (χ0v) is 17.6. The summed E-state index contributed by atoms with van der Waals surface area (Å²) in [6, 6.07) is 4.09. The van der Waals surface area contributed by atoms with Gasteiger partial charge in [-0.1, -0.05) is 0 Å². The number of carbonyl (C=O) groups is 1. The first-order chi connectivity index (χ1) is 14.0. The lowest BCUT2D eigenvalue weighted by atomic mass is 9.61. The van der Waals surface area contributed by atoms with Crippen molar-refractivity contribution in [1.29, 1.82) is 0 Å². The molecule has 0 radical (unpaired) electrons. The molecule has 1 N–H and O–H groups in total. The molecule has 29 heavy (non-hydrogen) atoms. The molecule has 1 aromatic rings. The molecule has 7 heteroatoms. The topological polar surface area (TPSA) is 75.1 Å². The summed E-state index contributed by atoms with van der Waals surface area (Å²) in [4.78, 5) is 21.2. The molecule has 2 aliphatic heterocycles. The molecular formula is C22H33N3O4. The normalized spacial score (nSPS) is 30.8. The van der Waals surface area contributed by atoms with Crippen LogP contribution in [0, 0.1) is 18.3 Å². The molecule has 4 rings (SSSR count). The summed E-state index contributed by atoms with van der Waals surface area (Å²) < 4.78 is 11.2. The second-order valence-corrected chi connectivity index (χ2v) is 8.91. The van der Waals surface area contributed by atoms with E-state index in [1.165, 1.54) is 12.8 Å². The van der Waals surface area contributed by atoms with E-state index in [9.17, 15) is 9.90 Å². The predicted octanol–water partition coefficient (Wildman–Crippen LogP) is 2.43. The van der Waals surface area contributed by atoms with E-state index in [4.69, 9.17) is 9.47 Å². The number of aromatic carboxylic acids is 1. The first-order valence-electron chi connectivity index (χ1n) is 10.8. The van der Waals surface area contributed by atoms with Crippen molar-refractivity contribution in [2.45, 2.75) is 38.6 Å². The number of carboxylic acid groups (broad SMARTS) is 1. The Balaban J connectivity index is 1.55. The minimum Gasteiger partial charge on any atom is -0.478 e. The minimum absolute atomic E-state index is 0.0665. The molecule has 0 aromatic carbocycles. The molecule has 1 saturated carbocycles. The van der Waals surface area contributed by atoms with Crippen LogP contribution in [-0.4, -0.2) is 80.1 Å². The molecular weight excluding hydrogens is 370 g/mol. The van der Waals surface area contributed by atoms with Crippen molar-refractivity contribution in [2.24, 2.45) is 11.3 Å². The number of rotatable bonds is 5. The summed E-state index contributed by atoms with van der Waals surface area (Å²) in [6.07, 6.45) is 4.53. The molecule has 160 valence electrons. The Labute approximate surface area is 173 Å². The average Bonchev–Trinajstić information content (AvgIpc) is 2.73. The Morgan fingerprint density at radius 2 is 2.10 bits per heavy atom. The van der Waals surface area contributed by atoms with Crippen LogP contribution in [0.2, 0.25) is 0 Å². The number of aryl methyl sites for hydroxylation is 1. The summed E-state index contributed by atoms with van der Waals surface area (Å²) >= 11 is 0. The maximum Gasteiger partial charge on any atom is 0.339 e. The fraction of sp³-hybridized carbons (Fsp3) is 0.727. The lowest BCUT2D eigenvalue weighted by molar-refractivity contribution is -0.0540. The number of morpholine rings is 1. The lowest BCUT2D eigenvalue weighted by Crippen LogP contribution is -2.57. The van der Waals surface area contributed by atoms with Crippen LogP contribution in [-0.2, 0) is 9.47 Å². The summed E-state index contributed by atoms with van der Waals surface area (Å²) in [5, 5.41) is 9.66. The number of ether oxygens (including phenoxy) is 2. The van der Waals surface area contributed by atoms with Gasteiger partial charge in [-0.2, -0.15) is 0 Å². The fourth-order valence-corrected chi connectivity index (χ4v) is 5.69. The molecule has 3 atom stereocenters. The molecule has 3 heterocycles. The second kappa shape index (κ2) is 8.58. The van der Waals surface area contributed by atoms with Crippen LogP contribution in [0.25, 0.3) is 0 Å². The standard InChI is InChI=1S/C22H33N3O4/c1-16-3-4-19(21(26)27)20(23-16)25-8-6-17-13-18(24-9-11-29-12-10-24)5-7-22(17,14-25)15-28-2/h3-4,17-18H,5-15H2,1-2H3,(H,26,27)/t17-,18-,22+/m0/s1. The van der Waals surface area contributed by atoms with E-state index in [0.29, 0.717) is 23.3 Å². The number of carboxylic acids is 1. The molecule has 0 spiro atoms. The van der Waals surface area contributed by atoms with Gasteiger partial charge in [0, 0.05) is 50.4 Å². The van der Waals surface area contributed by atoms with E-state index in [0.717, 1.165) is 64.5 Å². The summed E-state index contributed by atoms with van der Waals surface area (Å²) in [5.41, 5.74) is 1.21. The second-order valence-electron chi connectivity index (χ2n) is 8.91. The van der Waals surface area contributed by atoms with Gasteiger partial charge < -0.3 is 19.5 Å². The van der Waals surface area contributed by atoms with Gasteiger partial charge in [0.1, 0.15) is 11.4 Å². The number of hydrogen-bond acceptors (Lipinski definition) is 6. The van der Waals surface area contributed by atoms with Crippen molar-refractivity contribution in [1.82, 2.24) is 9.88 Å². The van der Waals surface area contributed by atoms with Crippen molar-refractivity contribution < 1.29 is 19.4 Å². The molecule has 7 nitrogen and oxygen atoms in total. The highest BCUT2D eigenvalue weighted by molar-refractivity contribution is 5.93. The SMILES string of the molecule is COC[C@]12CC[C@H](N3CCOCC3)C[C@@H]1CCN(c1nc(C)ccc1C(=O)O)C2. The molecule has 3 aliphatic rings. The molecule has 1 aromatic heterocycles. The van der Waals surface area contributed by atoms with Gasteiger partial charge in [0.25, 0.3) is 0 Å². The van der Waals surface area contributed by atoms with E-state index in [1.54, 1.807) is 19.2 Å². The van der Waals surface area contributed by atoms with Crippen LogP contribution in [0.1, 0.15) is 41.7 Å². The molecule has 0 amide bonds. The van der Waals surface area contributed by atoms with Crippen molar-refractivity contribution in [2.75, 3.05) is 58.0 Å². The van der Waals surface area contributed by atoms with E-state index in [2.05, 4.69) is 14.8 Å². The Kier molecular flexibility index (Phi) is 6.08. The highest BCUT2D eigenvalue weighted by atomic mass is 16.5. The molecule has 1 aliphatic carbocycles. The average molecular weight is 404 g/mol. The Morgan fingerprint density at radius 1 is 1.31 bits per heavy atom. The number of hydrogen-bond donors (Lipinski definition) is 1. The Morgan fingerprint density at radius 3 is 2.83 bits per heavy atom. The highest BCUT2D eigenvalue weighted by Crippen LogP contribution is 2.48. The largest absolute Gasteiger partial charge is 0.478 e. The minimum atomic E-state index is -0.911. The third-order valence-electron chi connectivity index (χ3n) is 7.19. The molecule has 0 unspecified atom stereocenters. The first kappa shape index (κ1) is 20.6. The van der Waals surface area contributed by atoms with E-state index in [-0.39, 0.29) is 5.41 Å². The van der Waals surface area contributed by atoms with Crippen LogP contribution in [0.5, 0.6) is 0 Å². The summed E-state index contributed by atoms with van der Waals surface area (Å²) in [6.45, 7) is 8.07. The zero-order chi connectivity index (χ0) is 20.4. The number of fused-ring (bicyclic) bond motifs is 1. The number of anilines is 1. The maximum atomic E-state index is 11.8. The molecule has 0 bridgehead atoms. The van der Waals surface area contributed by atoms with Gasteiger partial charge in [-0.3, -0.25) is 4.90 Å². The number of methoxy groups -OCH3 is 1. The van der Waals surface area contributed by atoms with Gasteiger partial charge in [0.2, 0.25) is 0 Å². The Bertz CT molecular complexity index is 737. The van der Waals surface area contributed by atoms with Gasteiger partial charge >= 0.3 is 5.97 Å². The van der Waals surface area contributed by atoms with Crippen LogP contribution in [0.15, 0.2) is 12.1 Å². The quantitative estimate of drug-likeness (QED) is 0.809. The van der Waals surface area contributed by atoms with Gasteiger partial charge in [-0.05, 0) is 50.7 Å². The van der Waals surface area contributed by atoms with Gasteiger partial charge in [0.15, 0.2) is 0 Å². The number of nitrogens with zero attached hydrogens (tertiary/aromatic N) is 3. The van der Waals surface area contributed by atoms with Crippen molar-refractivity contribution >= 4 is 11.8 Å². The number of aromatic nitrogens is 1. The van der Waals surface area contributed by atoms with Crippen LogP contribution < -0.4 is 4.90 Å². The van der Waals surface area contributed by atoms with Crippen LogP contribution in [0.4, 0.5) is 5.82 Å². The van der Waals surface area contributed by atoms with E-state index < -0.39 is 5.97 Å². The predicted molar refractivity (Wildman–Crippen MR) is 111 cm³/mol. The number of piperidine rings is 1. The molecule has 2 saturated heterocycles. The van der Waals surface area contributed by atoms with E-state index in [1.807, 2.05) is 6.92 Å². The first-order valence-corrected chi connectivity index (χ1v) is 10.8.